The summed E-state index contributed by atoms with van der Waals surface area (Å²) in [7, 11) is -1.31. The number of allylic oxidation sites excluding steroid dienone is 1. The molecule has 0 bridgehead atoms. The summed E-state index contributed by atoms with van der Waals surface area (Å²) in [5.41, 5.74) is 3.03. The molecule has 0 saturated heterocycles. The van der Waals surface area contributed by atoms with Crippen molar-refractivity contribution in [3.63, 3.8) is 0 Å². The van der Waals surface area contributed by atoms with Crippen molar-refractivity contribution in [2.24, 2.45) is 0 Å². The van der Waals surface area contributed by atoms with Crippen LogP contribution in [0.2, 0.25) is 18.1 Å². The number of ketones is 1. The van der Waals surface area contributed by atoms with Crippen LogP contribution in [0.1, 0.15) is 31.1 Å². The highest BCUT2D eigenvalue weighted by atomic mass is 28.3. The molecule has 0 atom stereocenters. The van der Waals surface area contributed by atoms with Crippen LogP contribution in [-0.2, 0) is 0 Å². The molecule has 2 heteroatoms. The molecule has 0 fully saturated rings. The van der Waals surface area contributed by atoms with Crippen molar-refractivity contribution in [1.29, 1.82) is 0 Å². The van der Waals surface area contributed by atoms with Gasteiger partial charge < -0.3 is 0 Å². The van der Waals surface area contributed by atoms with Crippen molar-refractivity contribution in [2.75, 3.05) is 0 Å². The lowest BCUT2D eigenvalue weighted by Crippen LogP contribution is -2.28. The molecule has 0 radical (unpaired) electrons. The fourth-order valence-corrected chi connectivity index (χ4v) is 4.77. The van der Waals surface area contributed by atoms with Crippen LogP contribution in [0.4, 0.5) is 0 Å². The van der Waals surface area contributed by atoms with Crippen LogP contribution >= 0.6 is 0 Å². The molecular weight excluding hydrogens is 224 g/mol. The van der Waals surface area contributed by atoms with Crippen molar-refractivity contribution in [1.82, 2.24) is 0 Å². The lowest BCUT2D eigenvalue weighted by Gasteiger charge is -2.23. The van der Waals surface area contributed by atoms with Crippen molar-refractivity contribution in [2.45, 2.75) is 38.9 Å². The quantitative estimate of drug-likeness (QED) is 0.411. The summed E-state index contributed by atoms with van der Waals surface area (Å²) in [5.74, 6) is 0.137. The Morgan fingerprint density at radius 3 is 2.06 bits per heavy atom. The van der Waals surface area contributed by atoms with E-state index in [-0.39, 0.29) is 5.78 Å². The first kappa shape index (κ1) is 13.9. The van der Waals surface area contributed by atoms with E-state index in [9.17, 15) is 4.79 Å². The second-order valence-electron chi connectivity index (χ2n) is 4.49. The predicted molar refractivity (Wildman–Crippen MR) is 77.1 cm³/mol. The second kappa shape index (κ2) is 6.55. The molecule has 0 aliphatic rings. The number of hydrogen-bond donors (Lipinski definition) is 0. The predicted octanol–water partition coefficient (Wildman–Crippen LogP) is 4.47. The zero-order valence-corrected chi connectivity index (χ0v) is 12.1. The normalized spacial score (nSPS) is 11.9. The lowest BCUT2D eigenvalue weighted by atomic mass is 10.1. The van der Waals surface area contributed by atoms with E-state index in [1.165, 1.54) is 18.1 Å². The van der Waals surface area contributed by atoms with Crippen molar-refractivity contribution in [3.8, 4) is 0 Å². The summed E-state index contributed by atoms with van der Waals surface area (Å²) in [5, 5.41) is 0. The fraction of sp³-hybridized carbons (Fsp3) is 0.400. The van der Waals surface area contributed by atoms with E-state index >= 15 is 0 Å². The smallest absolute Gasteiger partial charge is 0.185 e. The minimum absolute atomic E-state index is 0.137. The summed E-state index contributed by atoms with van der Waals surface area (Å²) in [4.78, 5) is 12.0. The fourth-order valence-electron chi connectivity index (χ4n) is 2.05. The van der Waals surface area contributed by atoms with Gasteiger partial charge in [-0.05, 0) is 6.08 Å². The highest BCUT2D eigenvalue weighted by molar-refractivity contribution is 6.84. The lowest BCUT2D eigenvalue weighted by molar-refractivity contribution is 0.104. The van der Waals surface area contributed by atoms with Crippen molar-refractivity contribution in [3.05, 3.63) is 47.7 Å². The minimum atomic E-state index is -1.31. The Balaban J connectivity index is 2.80. The highest BCUT2D eigenvalue weighted by Gasteiger charge is 2.23. The van der Waals surface area contributed by atoms with Gasteiger partial charge in [-0.2, -0.15) is 0 Å². The van der Waals surface area contributed by atoms with E-state index in [1.807, 2.05) is 30.3 Å². The average molecular weight is 246 g/mol. The molecule has 1 aromatic rings. The molecule has 17 heavy (non-hydrogen) atoms. The first-order chi connectivity index (χ1) is 8.17. The Labute approximate surface area is 106 Å². The molecule has 0 unspecified atom stereocenters. The first-order valence-electron chi connectivity index (χ1n) is 6.46. The molecular formula is C15H22OSi. The molecule has 1 aromatic carbocycles. The van der Waals surface area contributed by atoms with Gasteiger partial charge >= 0.3 is 0 Å². The van der Waals surface area contributed by atoms with E-state index in [2.05, 4.69) is 26.5 Å². The van der Waals surface area contributed by atoms with Gasteiger partial charge in [0.25, 0.3) is 0 Å². The zero-order chi connectivity index (χ0) is 12.7. The Hall–Kier alpha value is -1.15. The maximum absolute atomic E-state index is 12.0. The van der Waals surface area contributed by atoms with Crippen molar-refractivity contribution >= 4 is 13.9 Å². The highest BCUT2D eigenvalue weighted by Crippen LogP contribution is 2.21. The van der Waals surface area contributed by atoms with Gasteiger partial charge in [0.05, 0.1) is 8.07 Å². The number of carbonyl (C=O) groups excluding carboxylic acids is 1. The maximum atomic E-state index is 12.0. The monoisotopic (exact) mass is 246 g/mol. The van der Waals surface area contributed by atoms with E-state index in [0.717, 1.165) is 5.56 Å². The number of rotatable bonds is 6. The molecule has 0 N–H and O–H groups in total. The summed E-state index contributed by atoms with van der Waals surface area (Å²) in [6, 6.07) is 13.2. The van der Waals surface area contributed by atoms with Gasteiger partial charge in [-0.15, -0.1) is 0 Å². The topological polar surface area (TPSA) is 17.1 Å². The Morgan fingerprint density at radius 2 is 1.59 bits per heavy atom. The maximum Gasteiger partial charge on any atom is 0.185 e. The van der Waals surface area contributed by atoms with E-state index < -0.39 is 8.07 Å². The zero-order valence-electron chi connectivity index (χ0n) is 11.1. The summed E-state index contributed by atoms with van der Waals surface area (Å²) in [6.07, 6.45) is 1.80. The molecule has 0 amide bonds. The van der Waals surface area contributed by atoms with Gasteiger partial charge in [0, 0.05) is 5.56 Å². The summed E-state index contributed by atoms with van der Waals surface area (Å²) < 4.78 is 0. The van der Waals surface area contributed by atoms with Crippen molar-refractivity contribution < 1.29 is 4.79 Å². The summed E-state index contributed by atoms with van der Waals surface area (Å²) >= 11 is 0. The Bertz CT molecular complexity index is 369. The molecule has 0 aliphatic heterocycles. The van der Waals surface area contributed by atoms with Gasteiger partial charge in [-0.25, -0.2) is 0 Å². The van der Waals surface area contributed by atoms with Crippen LogP contribution < -0.4 is 0 Å². The molecule has 0 heterocycles. The average Bonchev–Trinajstić information content (AvgIpc) is 2.41. The van der Waals surface area contributed by atoms with Gasteiger partial charge in [-0.1, -0.05) is 74.9 Å². The van der Waals surface area contributed by atoms with Gasteiger partial charge in [0.2, 0.25) is 0 Å². The number of benzene rings is 1. The summed E-state index contributed by atoms with van der Waals surface area (Å²) in [6.45, 7) is 6.74. The van der Waals surface area contributed by atoms with Gasteiger partial charge in [0.1, 0.15) is 0 Å². The van der Waals surface area contributed by atoms with E-state index in [0.29, 0.717) is 0 Å². The molecule has 92 valence electrons. The van der Waals surface area contributed by atoms with E-state index in [1.54, 1.807) is 6.08 Å². The molecule has 0 aromatic heterocycles. The SMILES string of the molecule is CC[Si](/C=C/C(=O)c1ccccc1)(CC)CC. The van der Waals surface area contributed by atoms with Crippen LogP contribution in [0.25, 0.3) is 0 Å². The third kappa shape index (κ3) is 3.67. The minimum Gasteiger partial charge on any atom is -0.289 e. The van der Waals surface area contributed by atoms with Gasteiger partial charge in [0.15, 0.2) is 5.78 Å². The van der Waals surface area contributed by atoms with Crippen LogP contribution in [0.5, 0.6) is 0 Å². The third-order valence-corrected chi connectivity index (χ3v) is 8.86. The standard InChI is InChI=1S/C15H22OSi/c1-4-17(5-2,6-3)13-12-15(16)14-10-8-7-9-11-14/h7-13H,4-6H2,1-3H3/b13-12+. The third-order valence-electron chi connectivity index (χ3n) is 3.76. The number of hydrogen-bond acceptors (Lipinski definition) is 1. The van der Waals surface area contributed by atoms with Crippen LogP contribution in [0.15, 0.2) is 42.1 Å². The van der Waals surface area contributed by atoms with Crippen LogP contribution in [0.3, 0.4) is 0 Å². The first-order valence-corrected chi connectivity index (χ1v) is 9.16. The molecule has 1 nitrogen and oxygen atoms in total. The van der Waals surface area contributed by atoms with Crippen LogP contribution in [0, 0.1) is 0 Å². The van der Waals surface area contributed by atoms with Gasteiger partial charge in [-0.3, -0.25) is 4.79 Å². The van der Waals surface area contributed by atoms with E-state index in [4.69, 9.17) is 0 Å². The largest absolute Gasteiger partial charge is 0.289 e. The molecule has 0 aliphatic carbocycles. The molecule has 1 rings (SSSR count). The number of carbonyl (C=O) groups is 1. The van der Waals surface area contributed by atoms with Crippen LogP contribution in [-0.4, -0.2) is 13.9 Å². The molecule has 0 saturated carbocycles. The molecule has 0 spiro atoms. The Morgan fingerprint density at radius 1 is 1.06 bits per heavy atom. The Kier molecular flexibility index (Phi) is 5.36. The second-order valence-corrected chi connectivity index (χ2v) is 9.67.